The van der Waals surface area contributed by atoms with Gasteiger partial charge in [-0.1, -0.05) is 51.1 Å². The number of aryl methyl sites for hydroxylation is 3. The quantitative estimate of drug-likeness (QED) is 0.429. The minimum Gasteiger partial charge on any atom is -0.356 e. The first-order chi connectivity index (χ1) is 17.9. The Morgan fingerprint density at radius 2 is 1.84 bits per heavy atom. The number of nitrogens with zero attached hydrogens (tertiary/aromatic N) is 5. The van der Waals surface area contributed by atoms with Crippen molar-refractivity contribution in [2.45, 2.75) is 73.3 Å². The van der Waals surface area contributed by atoms with E-state index < -0.39 is 0 Å². The second-order valence-corrected chi connectivity index (χ2v) is 9.25. The Hall–Kier alpha value is -2.22. The smallest absolute Gasteiger partial charge is 0.139 e. The summed E-state index contributed by atoms with van der Waals surface area (Å²) in [5.74, 6) is 1.83. The maximum Gasteiger partial charge on any atom is 0.139 e. The van der Waals surface area contributed by atoms with Crippen LogP contribution in [0.15, 0.2) is 37.3 Å². The molecule has 0 spiro atoms. The van der Waals surface area contributed by atoms with E-state index in [1.807, 2.05) is 37.6 Å². The average Bonchev–Trinajstić information content (AvgIpc) is 3.23. The molecule has 4 rings (SSSR count). The molecule has 6 nitrogen and oxygen atoms in total. The van der Waals surface area contributed by atoms with E-state index in [9.17, 15) is 4.39 Å². The maximum absolute atomic E-state index is 10.5. The second-order valence-electron chi connectivity index (χ2n) is 8.89. The van der Waals surface area contributed by atoms with Gasteiger partial charge in [-0.25, -0.2) is 9.37 Å². The number of hydrogen-bond acceptors (Lipinski definition) is 5. The molecule has 0 radical (unpaired) electrons. The number of imidazole rings is 1. The van der Waals surface area contributed by atoms with E-state index in [-0.39, 0.29) is 0 Å². The van der Waals surface area contributed by atoms with Crippen LogP contribution in [0.25, 0.3) is 5.82 Å². The van der Waals surface area contributed by atoms with Crippen LogP contribution in [0.2, 0.25) is 5.15 Å². The fourth-order valence-electron chi connectivity index (χ4n) is 4.10. The highest BCUT2D eigenvalue weighted by atomic mass is 35.5. The van der Waals surface area contributed by atoms with Crippen molar-refractivity contribution in [1.29, 1.82) is 0 Å². The molecule has 1 aliphatic heterocycles. The van der Waals surface area contributed by atoms with Crippen LogP contribution in [0.4, 0.5) is 4.39 Å². The monoisotopic (exact) mass is 534 g/mol. The largest absolute Gasteiger partial charge is 0.356 e. The summed E-state index contributed by atoms with van der Waals surface area (Å²) in [6.07, 6.45) is 9.93. The molecule has 1 N–H and O–H groups in total. The number of fused-ring (bicyclic) bond motifs is 1. The standard InChI is InChI=1S/C15H26ClN5.C9H11N.C3H5F.C2H6/c1-5-6-17-11-14-15(16)21(12(2)18-14)13(3)20-9-7-19(4)8-10-20;1-2-6-9-8(4-1)5-3-7-10-9;1-2-3-4;1-2/h17H,3,5-11H2,1-2,4H3;3,5,7H,1-2,4,6H2;2-3H,1H3;1-2H3/b;;3-2+;. The number of halogens is 2. The van der Waals surface area contributed by atoms with E-state index in [2.05, 4.69) is 51.7 Å². The predicted molar refractivity (Wildman–Crippen MR) is 157 cm³/mol. The number of hydrogen-bond donors (Lipinski definition) is 1. The summed E-state index contributed by atoms with van der Waals surface area (Å²) < 4.78 is 12.5. The van der Waals surface area contributed by atoms with Crippen molar-refractivity contribution in [3.05, 3.63) is 65.2 Å². The Morgan fingerprint density at radius 1 is 1.19 bits per heavy atom. The van der Waals surface area contributed by atoms with Gasteiger partial charge in [0, 0.05) is 44.6 Å². The van der Waals surface area contributed by atoms with Gasteiger partial charge in [-0.15, -0.1) is 0 Å². The number of likely N-dealkylation sites (N-methyl/N-ethyl adjacent to an activating group) is 1. The number of pyridine rings is 1. The molecule has 37 heavy (non-hydrogen) atoms. The van der Waals surface area contributed by atoms with Crippen LogP contribution in [-0.2, 0) is 19.4 Å². The normalized spacial score (nSPS) is 15.0. The minimum absolute atomic E-state index is 0.500. The molecule has 8 heteroatoms. The maximum atomic E-state index is 10.5. The van der Waals surface area contributed by atoms with Crippen LogP contribution in [0.3, 0.4) is 0 Å². The van der Waals surface area contributed by atoms with Gasteiger partial charge in [0.2, 0.25) is 0 Å². The molecule has 3 heterocycles. The van der Waals surface area contributed by atoms with Crippen LogP contribution in [0.5, 0.6) is 0 Å². The summed E-state index contributed by atoms with van der Waals surface area (Å²) in [5.41, 5.74) is 3.69. The van der Waals surface area contributed by atoms with E-state index in [0.717, 1.165) is 56.5 Å². The first kappa shape index (κ1) is 32.8. The summed E-state index contributed by atoms with van der Waals surface area (Å²) in [6.45, 7) is 19.7. The molecular weight excluding hydrogens is 487 g/mol. The molecule has 2 aromatic rings. The molecule has 2 aromatic heterocycles. The molecule has 0 atom stereocenters. The molecular formula is C29H48ClFN6. The first-order valence-electron chi connectivity index (χ1n) is 13.6. The van der Waals surface area contributed by atoms with Gasteiger partial charge in [0.25, 0.3) is 0 Å². The van der Waals surface area contributed by atoms with Gasteiger partial charge in [0.15, 0.2) is 0 Å². The van der Waals surface area contributed by atoms with Crippen molar-refractivity contribution in [3.8, 4) is 0 Å². The topological polar surface area (TPSA) is 49.2 Å². The lowest BCUT2D eigenvalue weighted by atomic mass is 9.96. The first-order valence-corrected chi connectivity index (χ1v) is 14.0. The summed E-state index contributed by atoms with van der Waals surface area (Å²) in [6, 6.07) is 4.23. The molecule has 1 saturated heterocycles. The Bertz CT molecular complexity index is 905. The van der Waals surface area contributed by atoms with Crippen LogP contribution >= 0.6 is 11.6 Å². The van der Waals surface area contributed by atoms with Crippen molar-refractivity contribution in [2.24, 2.45) is 0 Å². The lowest BCUT2D eigenvalue weighted by Crippen LogP contribution is -2.44. The zero-order valence-corrected chi connectivity index (χ0v) is 24.6. The third-order valence-corrected chi connectivity index (χ3v) is 6.51. The SMILES string of the molecule is C/C=C/F.C=C(N1CCN(C)CC1)n1c(C)nc(CNCCC)c1Cl.CC.c1cnc2c(c1)CCCC2. The predicted octanol–water partition coefficient (Wildman–Crippen LogP) is 6.50. The molecule has 0 amide bonds. The molecule has 2 aliphatic rings. The molecule has 208 valence electrons. The van der Waals surface area contributed by atoms with Gasteiger partial charge in [-0.2, -0.15) is 0 Å². The summed E-state index contributed by atoms with van der Waals surface area (Å²) >= 11 is 6.51. The van der Waals surface area contributed by atoms with Gasteiger partial charge in [-0.05, 0) is 71.2 Å². The zero-order chi connectivity index (χ0) is 27.6. The molecule has 1 aliphatic carbocycles. The van der Waals surface area contributed by atoms with Crippen molar-refractivity contribution in [1.82, 2.24) is 29.7 Å². The number of allylic oxidation sites excluding steroid dienone is 1. The van der Waals surface area contributed by atoms with Crippen LogP contribution in [0.1, 0.15) is 69.7 Å². The fourth-order valence-corrected chi connectivity index (χ4v) is 4.43. The van der Waals surface area contributed by atoms with Crippen molar-refractivity contribution in [3.63, 3.8) is 0 Å². The third kappa shape index (κ3) is 11.0. The Labute approximate surface area is 229 Å². The van der Waals surface area contributed by atoms with Crippen molar-refractivity contribution < 1.29 is 4.39 Å². The van der Waals surface area contributed by atoms with Crippen LogP contribution < -0.4 is 5.32 Å². The van der Waals surface area contributed by atoms with Gasteiger partial charge in [0.1, 0.15) is 16.8 Å². The third-order valence-electron chi connectivity index (χ3n) is 6.12. The summed E-state index contributed by atoms with van der Waals surface area (Å²) in [7, 11) is 2.15. The lowest BCUT2D eigenvalue weighted by molar-refractivity contribution is 0.202. The Morgan fingerprint density at radius 3 is 2.43 bits per heavy atom. The highest BCUT2D eigenvalue weighted by Gasteiger charge is 2.21. The minimum atomic E-state index is 0.500. The molecule has 0 saturated carbocycles. The van der Waals surface area contributed by atoms with E-state index in [1.165, 1.54) is 43.0 Å². The van der Waals surface area contributed by atoms with Gasteiger partial charge < -0.3 is 15.1 Å². The highest BCUT2D eigenvalue weighted by Crippen LogP contribution is 2.24. The van der Waals surface area contributed by atoms with Crippen molar-refractivity contribution in [2.75, 3.05) is 39.8 Å². The highest BCUT2D eigenvalue weighted by molar-refractivity contribution is 6.30. The molecule has 0 bridgehead atoms. The van der Waals surface area contributed by atoms with Crippen LogP contribution in [-0.4, -0.2) is 64.1 Å². The molecule has 0 aromatic carbocycles. The number of aromatic nitrogens is 3. The van der Waals surface area contributed by atoms with Gasteiger partial charge >= 0.3 is 0 Å². The van der Waals surface area contributed by atoms with Gasteiger partial charge in [0.05, 0.1) is 12.0 Å². The summed E-state index contributed by atoms with van der Waals surface area (Å²) in [5, 5.41) is 4.03. The number of nitrogens with one attached hydrogen (secondary N) is 1. The number of rotatable bonds is 6. The molecule has 0 unspecified atom stereocenters. The second kappa shape index (κ2) is 18.9. The van der Waals surface area contributed by atoms with Crippen molar-refractivity contribution >= 4 is 17.4 Å². The Kier molecular flexibility index (Phi) is 16.8. The van der Waals surface area contributed by atoms with E-state index in [4.69, 9.17) is 11.6 Å². The summed E-state index contributed by atoms with van der Waals surface area (Å²) in [4.78, 5) is 13.5. The van der Waals surface area contributed by atoms with Crippen LogP contribution in [0, 0.1) is 6.92 Å². The van der Waals surface area contributed by atoms with E-state index >= 15 is 0 Å². The van der Waals surface area contributed by atoms with Gasteiger partial charge in [-0.3, -0.25) is 9.55 Å². The number of piperazine rings is 1. The average molecular weight is 535 g/mol. The lowest BCUT2D eigenvalue weighted by Gasteiger charge is -2.35. The van der Waals surface area contributed by atoms with E-state index in [1.54, 1.807) is 6.92 Å². The molecule has 1 fully saturated rings. The Balaban J connectivity index is 0.000000352. The fraction of sp³-hybridized carbons (Fsp3) is 0.586. The zero-order valence-electron chi connectivity index (χ0n) is 23.9. The van der Waals surface area contributed by atoms with E-state index in [0.29, 0.717) is 18.0 Å².